The molecule has 5 nitrogen and oxygen atoms in total. The molecule has 0 radical (unpaired) electrons. The van der Waals surface area contributed by atoms with Gasteiger partial charge in [0, 0.05) is 48.6 Å². The normalized spacial score (nSPS) is 10.9. The van der Waals surface area contributed by atoms with Crippen molar-refractivity contribution in [1.29, 1.82) is 0 Å². The first kappa shape index (κ1) is 20.4. The van der Waals surface area contributed by atoms with Crippen molar-refractivity contribution in [3.05, 3.63) is 78.3 Å². The largest absolute Gasteiger partial charge is 0.378 e. The maximum Gasteiger partial charge on any atom is 0.192 e. The van der Waals surface area contributed by atoms with E-state index < -0.39 is 0 Å². The van der Waals surface area contributed by atoms with Gasteiger partial charge in [-0.1, -0.05) is 60.3 Å². The van der Waals surface area contributed by atoms with E-state index in [2.05, 4.69) is 62.0 Å². The predicted octanol–water partition coefficient (Wildman–Crippen LogP) is 5.61. The second-order valence-electron chi connectivity index (χ2n) is 6.95. The van der Waals surface area contributed by atoms with Crippen molar-refractivity contribution in [3.8, 4) is 22.0 Å². The molecule has 0 aliphatic heterocycles. The third-order valence-electron chi connectivity index (χ3n) is 4.57. The van der Waals surface area contributed by atoms with Gasteiger partial charge < -0.3 is 4.90 Å². The summed E-state index contributed by atoms with van der Waals surface area (Å²) in [5.41, 5.74) is 4.37. The van der Waals surface area contributed by atoms with Crippen LogP contribution in [0.2, 0.25) is 0 Å². The average molecular weight is 434 g/mol. The van der Waals surface area contributed by atoms with Crippen molar-refractivity contribution >= 4 is 28.8 Å². The summed E-state index contributed by atoms with van der Waals surface area (Å²) in [6.45, 7) is 4.56. The number of anilines is 1. The van der Waals surface area contributed by atoms with Crippen molar-refractivity contribution in [2.45, 2.75) is 17.5 Å². The maximum atomic E-state index is 4.78. The molecular weight excluding hydrogens is 410 g/mol. The minimum Gasteiger partial charge on any atom is -0.378 e. The van der Waals surface area contributed by atoms with Crippen LogP contribution in [0, 0.1) is 0 Å². The number of benzene rings is 2. The van der Waals surface area contributed by atoms with E-state index in [1.807, 2.05) is 44.4 Å². The zero-order valence-corrected chi connectivity index (χ0v) is 18.7. The lowest BCUT2D eigenvalue weighted by molar-refractivity contribution is 0.731. The van der Waals surface area contributed by atoms with Gasteiger partial charge in [0.2, 0.25) is 0 Å². The number of hydrogen-bond donors (Lipinski definition) is 0. The van der Waals surface area contributed by atoms with E-state index in [0.717, 1.165) is 44.2 Å². The van der Waals surface area contributed by atoms with E-state index in [9.17, 15) is 0 Å². The lowest BCUT2D eigenvalue weighted by Gasteiger charge is -2.14. The van der Waals surface area contributed by atoms with Crippen molar-refractivity contribution in [2.75, 3.05) is 19.0 Å². The van der Waals surface area contributed by atoms with Gasteiger partial charge in [-0.15, -0.1) is 28.1 Å². The second kappa shape index (κ2) is 9.28. The van der Waals surface area contributed by atoms with Crippen molar-refractivity contribution in [3.63, 3.8) is 0 Å². The Kier molecular flexibility index (Phi) is 6.30. The molecule has 4 aromatic rings. The lowest BCUT2D eigenvalue weighted by Crippen LogP contribution is -2.08. The summed E-state index contributed by atoms with van der Waals surface area (Å²) in [7, 11) is 4.07. The number of thioether (sulfide) groups is 1. The molecule has 0 bridgehead atoms. The maximum absolute atomic E-state index is 4.78. The Hall–Kier alpha value is -2.90. The topological polar surface area (TPSA) is 46.8 Å². The number of thiazole rings is 1. The number of aromatic nitrogens is 4. The lowest BCUT2D eigenvalue weighted by atomic mass is 10.2. The third-order valence-corrected chi connectivity index (χ3v) is 6.51. The molecule has 2 aromatic carbocycles. The molecule has 152 valence electrons. The summed E-state index contributed by atoms with van der Waals surface area (Å²) in [5, 5.41) is 13.0. The third kappa shape index (κ3) is 4.47. The summed E-state index contributed by atoms with van der Waals surface area (Å²) in [6, 6.07) is 18.6. The highest BCUT2D eigenvalue weighted by atomic mass is 32.2. The Bertz CT molecular complexity index is 1130. The Balaban J connectivity index is 1.55. The number of allylic oxidation sites excluding steroid dienone is 1. The van der Waals surface area contributed by atoms with E-state index in [-0.39, 0.29) is 0 Å². The molecule has 0 aliphatic carbocycles. The van der Waals surface area contributed by atoms with Crippen LogP contribution in [0.1, 0.15) is 5.69 Å². The minimum absolute atomic E-state index is 0.656. The van der Waals surface area contributed by atoms with Crippen LogP contribution in [0.25, 0.3) is 22.0 Å². The zero-order chi connectivity index (χ0) is 20.9. The number of nitrogens with zero attached hydrogens (tertiary/aromatic N) is 5. The number of rotatable bonds is 8. The van der Waals surface area contributed by atoms with Gasteiger partial charge in [-0.2, -0.15) is 0 Å². The van der Waals surface area contributed by atoms with Crippen molar-refractivity contribution < 1.29 is 0 Å². The molecule has 2 aromatic heterocycles. The van der Waals surface area contributed by atoms with E-state index in [0.29, 0.717) is 6.54 Å². The van der Waals surface area contributed by atoms with Gasteiger partial charge in [0.1, 0.15) is 5.01 Å². The van der Waals surface area contributed by atoms with E-state index in [4.69, 9.17) is 4.98 Å². The van der Waals surface area contributed by atoms with Crippen LogP contribution in [0.5, 0.6) is 0 Å². The highest BCUT2D eigenvalue weighted by molar-refractivity contribution is 7.98. The zero-order valence-electron chi connectivity index (χ0n) is 17.0. The van der Waals surface area contributed by atoms with Crippen molar-refractivity contribution in [2.24, 2.45) is 0 Å². The molecule has 0 spiro atoms. The molecule has 0 saturated carbocycles. The van der Waals surface area contributed by atoms with Crippen LogP contribution in [0.15, 0.2) is 77.8 Å². The first-order valence-corrected chi connectivity index (χ1v) is 11.5. The fraction of sp³-hybridized carbons (Fsp3) is 0.174. The average Bonchev–Trinajstić information content (AvgIpc) is 3.40. The SMILES string of the molecule is C=CCn1c(SCc2csc(-c3ccccc3)n2)nnc1-c1cccc(N(C)C)c1. The van der Waals surface area contributed by atoms with E-state index in [1.165, 1.54) is 0 Å². The molecule has 0 saturated heterocycles. The first-order valence-electron chi connectivity index (χ1n) is 9.60. The molecule has 0 aliphatic rings. The Morgan fingerprint density at radius 2 is 1.87 bits per heavy atom. The summed E-state index contributed by atoms with van der Waals surface area (Å²) in [5.74, 6) is 1.60. The Labute approximate surface area is 185 Å². The molecule has 2 heterocycles. The Morgan fingerprint density at radius 3 is 2.63 bits per heavy atom. The quantitative estimate of drug-likeness (QED) is 0.267. The van der Waals surface area contributed by atoms with Crippen LogP contribution in [-0.4, -0.2) is 33.8 Å². The van der Waals surface area contributed by atoms with Crippen LogP contribution < -0.4 is 4.90 Å². The molecule has 0 N–H and O–H groups in total. The summed E-state index contributed by atoms with van der Waals surface area (Å²) < 4.78 is 2.11. The molecular formula is C23H23N5S2. The van der Waals surface area contributed by atoms with Gasteiger partial charge in [0.05, 0.1) is 5.69 Å². The van der Waals surface area contributed by atoms with E-state index >= 15 is 0 Å². The fourth-order valence-corrected chi connectivity index (χ4v) is 4.82. The van der Waals surface area contributed by atoms with Gasteiger partial charge in [0.25, 0.3) is 0 Å². The second-order valence-corrected chi connectivity index (χ2v) is 8.75. The summed E-state index contributed by atoms with van der Waals surface area (Å²) in [6.07, 6.45) is 1.88. The Morgan fingerprint density at radius 1 is 1.07 bits per heavy atom. The smallest absolute Gasteiger partial charge is 0.192 e. The first-order chi connectivity index (χ1) is 14.7. The molecule has 30 heavy (non-hydrogen) atoms. The van der Waals surface area contributed by atoms with Gasteiger partial charge in [-0.05, 0) is 12.1 Å². The fourth-order valence-electron chi connectivity index (χ4n) is 3.05. The predicted molar refractivity (Wildman–Crippen MR) is 127 cm³/mol. The highest BCUT2D eigenvalue weighted by Gasteiger charge is 2.15. The van der Waals surface area contributed by atoms with Crippen LogP contribution in [0.3, 0.4) is 0 Å². The highest BCUT2D eigenvalue weighted by Crippen LogP contribution is 2.30. The standard InChI is InChI=1S/C23H23N5S2/c1-4-13-28-21(18-11-8-12-20(14-18)27(2)3)25-26-23(28)30-16-19-15-29-22(24-19)17-9-6-5-7-10-17/h4-12,14-15H,1,13,16H2,2-3H3. The van der Waals surface area contributed by atoms with E-state index in [1.54, 1.807) is 23.1 Å². The van der Waals surface area contributed by atoms with Crippen molar-refractivity contribution in [1.82, 2.24) is 19.7 Å². The van der Waals surface area contributed by atoms with Crippen LogP contribution in [-0.2, 0) is 12.3 Å². The summed E-state index contributed by atoms with van der Waals surface area (Å²) >= 11 is 3.32. The van der Waals surface area contributed by atoms with Crippen LogP contribution in [0.4, 0.5) is 5.69 Å². The molecule has 0 unspecified atom stereocenters. The molecule has 4 rings (SSSR count). The summed E-state index contributed by atoms with van der Waals surface area (Å²) in [4.78, 5) is 6.87. The van der Waals surface area contributed by atoms with Crippen LogP contribution >= 0.6 is 23.1 Å². The van der Waals surface area contributed by atoms with Gasteiger partial charge >= 0.3 is 0 Å². The van der Waals surface area contributed by atoms with Gasteiger partial charge in [-0.3, -0.25) is 4.57 Å². The molecule has 0 amide bonds. The minimum atomic E-state index is 0.656. The monoisotopic (exact) mass is 433 g/mol. The molecule has 7 heteroatoms. The molecule has 0 fully saturated rings. The number of hydrogen-bond acceptors (Lipinski definition) is 6. The van der Waals surface area contributed by atoms with Gasteiger partial charge in [0.15, 0.2) is 11.0 Å². The van der Waals surface area contributed by atoms with Gasteiger partial charge in [-0.25, -0.2) is 4.98 Å². The molecule has 0 atom stereocenters.